The molecule has 15 heavy (non-hydrogen) atoms. The lowest BCUT2D eigenvalue weighted by Gasteiger charge is -2.17. The topological polar surface area (TPSA) is 35.2 Å². The summed E-state index contributed by atoms with van der Waals surface area (Å²) in [5, 5.41) is 0. The van der Waals surface area contributed by atoms with Crippen LogP contribution in [0.4, 0.5) is 4.39 Å². The second-order valence-corrected chi connectivity index (χ2v) is 4.08. The minimum Gasteiger partial charge on any atom is -0.381 e. The van der Waals surface area contributed by atoms with Gasteiger partial charge in [-0.05, 0) is 30.4 Å². The molecule has 2 unspecified atom stereocenters. The highest BCUT2D eigenvalue weighted by molar-refractivity contribution is 5.18. The first-order valence-electron chi connectivity index (χ1n) is 5.34. The summed E-state index contributed by atoms with van der Waals surface area (Å²) in [6.45, 7) is 1.51. The molecule has 0 radical (unpaired) electrons. The van der Waals surface area contributed by atoms with Gasteiger partial charge in [-0.3, -0.25) is 0 Å². The fourth-order valence-electron chi connectivity index (χ4n) is 1.97. The molecule has 1 heterocycles. The van der Waals surface area contributed by atoms with Gasteiger partial charge in [-0.15, -0.1) is 0 Å². The van der Waals surface area contributed by atoms with Crippen molar-refractivity contribution < 1.29 is 9.13 Å². The van der Waals surface area contributed by atoms with E-state index in [0.717, 1.165) is 19.6 Å². The predicted molar refractivity (Wildman–Crippen MR) is 57.0 cm³/mol. The van der Waals surface area contributed by atoms with Crippen LogP contribution >= 0.6 is 0 Å². The summed E-state index contributed by atoms with van der Waals surface area (Å²) in [6, 6.07) is 6.82. The first kappa shape index (κ1) is 10.6. The summed E-state index contributed by atoms with van der Waals surface area (Å²) in [5.41, 5.74) is 6.74. The van der Waals surface area contributed by atoms with E-state index in [1.54, 1.807) is 12.1 Å². The van der Waals surface area contributed by atoms with E-state index in [4.69, 9.17) is 10.5 Å². The molecule has 1 aromatic carbocycles. The van der Waals surface area contributed by atoms with Crippen LogP contribution in [0, 0.1) is 11.7 Å². The first-order valence-corrected chi connectivity index (χ1v) is 5.34. The molecule has 1 fully saturated rings. The fourth-order valence-corrected chi connectivity index (χ4v) is 1.97. The van der Waals surface area contributed by atoms with E-state index < -0.39 is 0 Å². The van der Waals surface area contributed by atoms with Crippen LogP contribution in [0.25, 0.3) is 0 Å². The van der Waals surface area contributed by atoms with Crippen molar-refractivity contribution in [3.05, 3.63) is 35.6 Å². The third kappa shape index (κ3) is 2.55. The highest BCUT2D eigenvalue weighted by Crippen LogP contribution is 2.19. The molecule has 0 aromatic heterocycles. The van der Waals surface area contributed by atoms with Crippen molar-refractivity contribution in [1.82, 2.24) is 0 Å². The zero-order chi connectivity index (χ0) is 10.7. The molecule has 2 atom stereocenters. The number of rotatable bonds is 3. The summed E-state index contributed by atoms with van der Waals surface area (Å²) >= 11 is 0. The van der Waals surface area contributed by atoms with Gasteiger partial charge < -0.3 is 10.5 Å². The van der Waals surface area contributed by atoms with Crippen molar-refractivity contribution >= 4 is 0 Å². The molecule has 2 nitrogen and oxygen atoms in total. The van der Waals surface area contributed by atoms with Crippen molar-refractivity contribution in [3.63, 3.8) is 0 Å². The van der Waals surface area contributed by atoms with Crippen LogP contribution in [0.15, 0.2) is 24.3 Å². The van der Waals surface area contributed by atoms with Gasteiger partial charge in [-0.25, -0.2) is 4.39 Å². The average molecular weight is 209 g/mol. The van der Waals surface area contributed by atoms with Crippen molar-refractivity contribution in [2.45, 2.75) is 18.9 Å². The molecule has 0 spiro atoms. The third-order valence-corrected chi connectivity index (χ3v) is 2.98. The molecular weight excluding hydrogens is 193 g/mol. The van der Waals surface area contributed by atoms with E-state index in [2.05, 4.69) is 0 Å². The molecule has 1 aliphatic rings. The Morgan fingerprint density at radius 1 is 1.47 bits per heavy atom. The molecule has 2 N–H and O–H groups in total. The van der Waals surface area contributed by atoms with Crippen LogP contribution in [0.2, 0.25) is 0 Å². The van der Waals surface area contributed by atoms with Crippen LogP contribution in [0.3, 0.4) is 0 Å². The Morgan fingerprint density at radius 3 is 2.93 bits per heavy atom. The van der Waals surface area contributed by atoms with E-state index >= 15 is 0 Å². The van der Waals surface area contributed by atoms with Crippen LogP contribution in [0.5, 0.6) is 0 Å². The Morgan fingerprint density at radius 2 is 2.27 bits per heavy atom. The van der Waals surface area contributed by atoms with Crippen LogP contribution in [-0.2, 0) is 11.2 Å². The van der Waals surface area contributed by atoms with E-state index in [-0.39, 0.29) is 11.9 Å². The van der Waals surface area contributed by atoms with E-state index in [9.17, 15) is 4.39 Å². The van der Waals surface area contributed by atoms with E-state index in [1.807, 2.05) is 6.07 Å². The quantitative estimate of drug-likeness (QED) is 0.822. The molecule has 1 saturated heterocycles. The Balaban J connectivity index is 1.99. The molecule has 0 amide bonds. The molecule has 3 heteroatoms. The monoisotopic (exact) mass is 209 g/mol. The van der Waals surface area contributed by atoms with Gasteiger partial charge in [0.2, 0.25) is 0 Å². The summed E-state index contributed by atoms with van der Waals surface area (Å²) < 4.78 is 18.6. The van der Waals surface area contributed by atoms with Gasteiger partial charge in [0.05, 0.1) is 6.61 Å². The number of ether oxygens (including phenoxy) is 1. The van der Waals surface area contributed by atoms with Gasteiger partial charge >= 0.3 is 0 Å². The summed E-state index contributed by atoms with van der Waals surface area (Å²) in [5.74, 6) is 0.219. The lowest BCUT2D eigenvalue weighted by atomic mass is 9.93. The minimum atomic E-state index is -0.160. The van der Waals surface area contributed by atoms with Crippen molar-refractivity contribution in [2.75, 3.05) is 13.2 Å². The number of nitrogens with two attached hydrogens (primary N) is 1. The number of hydrogen-bond donors (Lipinski definition) is 1. The van der Waals surface area contributed by atoms with Gasteiger partial charge in [-0.1, -0.05) is 18.2 Å². The van der Waals surface area contributed by atoms with Crippen LogP contribution in [-0.4, -0.2) is 19.3 Å². The Bertz CT molecular complexity index is 323. The Hall–Kier alpha value is -0.930. The van der Waals surface area contributed by atoms with Gasteiger partial charge in [0, 0.05) is 12.6 Å². The van der Waals surface area contributed by atoms with Gasteiger partial charge in [0.25, 0.3) is 0 Å². The zero-order valence-electron chi connectivity index (χ0n) is 8.66. The maximum Gasteiger partial charge on any atom is 0.126 e. The largest absolute Gasteiger partial charge is 0.381 e. The highest BCUT2D eigenvalue weighted by Gasteiger charge is 2.23. The SMILES string of the molecule is NC(Cc1ccccc1F)C1CCOC1. The predicted octanol–water partition coefficient (Wildman–Crippen LogP) is 1.73. The molecule has 1 aromatic rings. The van der Waals surface area contributed by atoms with Crippen LogP contribution in [0.1, 0.15) is 12.0 Å². The van der Waals surface area contributed by atoms with Gasteiger partial charge in [-0.2, -0.15) is 0 Å². The molecule has 0 bridgehead atoms. The summed E-state index contributed by atoms with van der Waals surface area (Å²) in [4.78, 5) is 0. The average Bonchev–Trinajstić information content (AvgIpc) is 2.74. The zero-order valence-corrected chi connectivity index (χ0v) is 8.66. The van der Waals surface area contributed by atoms with Gasteiger partial charge in [0.1, 0.15) is 5.82 Å². The highest BCUT2D eigenvalue weighted by atomic mass is 19.1. The summed E-state index contributed by atoms with van der Waals surface area (Å²) in [6.07, 6.45) is 1.59. The smallest absolute Gasteiger partial charge is 0.126 e. The van der Waals surface area contributed by atoms with Crippen molar-refractivity contribution in [3.8, 4) is 0 Å². The maximum absolute atomic E-state index is 13.4. The third-order valence-electron chi connectivity index (χ3n) is 2.98. The summed E-state index contributed by atoms with van der Waals surface area (Å²) in [7, 11) is 0. The van der Waals surface area contributed by atoms with Crippen molar-refractivity contribution in [2.24, 2.45) is 11.7 Å². The Kier molecular flexibility index (Phi) is 3.34. The molecule has 1 aliphatic heterocycles. The first-order chi connectivity index (χ1) is 7.27. The standard InChI is InChI=1S/C12H16FNO/c13-11-4-2-1-3-9(11)7-12(14)10-5-6-15-8-10/h1-4,10,12H,5-8,14H2. The molecule has 0 aliphatic carbocycles. The lowest BCUT2D eigenvalue weighted by Crippen LogP contribution is -2.32. The maximum atomic E-state index is 13.4. The number of benzene rings is 1. The Labute approximate surface area is 89.2 Å². The normalized spacial score (nSPS) is 22.9. The number of halogens is 1. The molecule has 0 saturated carbocycles. The second kappa shape index (κ2) is 4.73. The van der Waals surface area contributed by atoms with E-state index in [1.165, 1.54) is 6.07 Å². The number of hydrogen-bond acceptors (Lipinski definition) is 2. The lowest BCUT2D eigenvalue weighted by molar-refractivity contribution is 0.180. The molecule has 2 rings (SSSR count). The minimum absolute atomic E-state index is 0.00407. The fraction of sp³-hybridized carbons (Fsp3) is 0.500. The molecular formula is C12H16FNO. The van der Waals surface area contributed by atoms with E-state index in [0.29, 0.717) is 17.9 Å². The molecule has 82 valence electrons. The van der Waals surface area contributed by atoms with Gasteiger partial charge in [0.15, 0.2) is 0 Å². The van der Waals surface area contributed by atoms with Crippen LogP contribution < -0.4 is 5.73 Å². The second-order valence-electron chi connectivity index (χ2n) is 4.08. The van der Waals surface area contributed by atoms with Crippen molar-refractivity contribution in [1.29, 1.82) is 0 Å².